The number of unbranched alkanes of at least 4 members (excludes halogenated alkanes) is 2. The second kappa shape index (κ2) is 5.64. The Morgan fingerprint density at radius 1 is 1.43 bits per heavy atom. The number of rotatable bonds is 5. The number of aliphatic imine (C=N–C) groups is 1. The van der Waals surface area contributed by atoms with Gasteiger partial charge in [-0.2, -0.15) is 11.8 Å². The number of amidine groups is 1. The van der Waals surface area contributed by atoms with Gasteiger partial charge in [0.2, 0.25) is 0 Å². The molecular formula is C11H22N2S. The lowest BCUT2D eigenvalue weighted by molar-refractivity contribution is 0.460. The average molecular weight is 214 g/mol. The first-order chi connectivity index (χ1) is 6.70. The minimum absolute atomic E-state index is 0.460. The number of hydrogen-bond acceptors (Lipinski definition) is 3. The lowest BCUT2D eigenvalue weighted by Crippen LogP contribution is -2.27. The summed E-state index contributed by atoms with van der Waals surface area (Å²) in [5, 5.41) is 0.460. The van der Waals surface area contributed by atoms with Crippen molar-refractivity contribution < 1.29 is 0 Å². The van der Waals surface area contributed by atoms with Crippen LogP contribution in [0.25, 0.3) is 0 Å². The number of nitrogens with zero attached hydrogens (tertiary/aromatic N) is 1. The second-order valence-corrected chi connectivity index (χ2v) is 5.11. The monoisotopic (exact) mass is 214 g/mol. The molecule has 0 aromatic heterocycles. The molecule has 0 radical (unpaired) electrons. The largest absolute Gasteiger partial charge is 0.387 e. The van der Waals surface area contributed by atoms with Crippen LogP contribution in [0.5, 0.6) is 0 Å². The van der Waals surface area contributed by atoms with Crippen LogP contribution in [-0.2, 0) is 0 Å². The minimum Gasteiger partial charge on any atom is -0.387 e. The van der Waals surface area contributed by atoms with E-state index in [2.05, 4.69) is 25.1 Å². The summed E-state index contributed by atoms with van der Waals surface area (Å²) in [6, 6.07) is 0.485. The molecule has 0 amide bonds. The van der Waals surface area contributed by atoms with Crippen molar-refractivity contribution in [1.82, 2.24) is 0 Å². The highest BCUT2D eigenvalue weighted by Gasteiger charge is 2.33. The van der Waals surface area contributed by atoms with Crippen LogP contribution in [0.4, 0.5) is 0 Å². The highest BCUT2D eigenvalue weighted by Crippen LogP contribution is 2.30. The van der Waals surface area contributed by atoms with Crippen LogP contribution in [0.15, 0.2) is 4.99 Å². The van der Waals surface area contributed by atoms with Crippen LogP contribution in [0.3, 0.4) is 0 Å². The molecule has 0 saturated carbocycles. The Kier molecular flexibility index (Phi) is 4.79. The average Bonchev–Trinajstić information content (AvgIpc) is 2.42. The summed E-state index contributed by atoms with van der Waals surface area (Å²) in [7, 11) is 0. The van der Waals surface area contributed by atoms with Crippen molar-refractivity contribution >= 4 is 17.6 Å². The Hall–Kier alpha value is -0.180. The van der Waals surface area contributed by atoms with Gasteiger partial charge in [0.15, 0.2) is 0 Å². The van der Waals surface area contributed by atoms with Crippen LogP contribution >= 0.6 is 11.8 Å². The highest BCUT2D eigenvalue weighted by molar-refractivity contribution is 8.00. The van der Waals surface area contributed by atoms with Crippen LogP contribution in [-0.4, -0.2) is 23.4 Å². The van der Waals surface area contributed by atoms with Crippen molar-refractivity contribution in [2.24, 2.45) is 16.6 Å². The third kappa shape index (κ3) is 2.66. The van der Waals surface area contributed by atoms with Crippen LogP contribution in [0.1, 0.15) is 39.5 Å². The van der Waals surface area contributed by atoms with E-state index in [1.807, 2.05) is 11.8 Å². The maximum absolute atomic E-state index is 5.90. The van der Waals surface area contributed by atoms with E-state index in [4.69, 9.17) is 5.73 Å². The molecule has 3 atom stereocenters. The first kappa shape index (κ1) is 11.9. The summed E-state index contributed by atoms with van der Waals surface area (Å²) >= 11 is 1.84. The lowest BCUT2D eigenvalue weighted by atomic mass is 9.96. The summed E-state index contributed by atoms with van der Waals surface area (Å²) in [6.45, 7) is 4.52. The van der Waals surface area contributed by atoms with Gasteiger partial charge in [0, 0.05) is 0 Å². The summed E-state index contributed by atoms with van der Waals surface area (Å²) < 4.78 is 0. The molecule has 0 bridgehead atoms. The molecule has 1 aliphatic rings. The summed E-state index contributed by atoms with van der Waals surface area (Å²) in [4.78, 5) is 4.57. The van der Waals surface area contributed by atoms with Gasteiger partial charge in [-0.15, -0.1) is 0 Å². The Morgan fingerprint density at radius 2 is 2.14 bits per heavy atom. The standard InChI is InChI=1S/C11H22N2S/c1-4-5-6-7-9-8(2)10(14-3)11(12)13-9/h8-10H,4-7H2,1-3H3,(H2,12,13). The van der Waals surface area contributed by atoms with Gasteiger partial charge in [0.1, 0.15) is 5.84 Å². The van der Waals surface area contributed by atoms with Gasteiger partial charge in [-0.1, -0.05) is 33.1 Å². The predicted octanol–water partition coefficient (Wildman–Crippen LogP) is 2.67. The first-order valence-electron chi connectivity index (χ1n) is 5.56. The number of hydrogen-bond donors (Lipinski definition) is 1. The fourth-order valence-electron chi connectivity index (χ4n) is 2.12. The van der Waals surface area contributed by atoms with Gasteiger partial charge >= 0.3 is 0 Å². The summed E-state index contributed by atoms with van der Waals surface area (Å²) in [5.41, 5.74) is 5.90. The van der Waals surface area contributed by atoms with Crippen molar-refractivity contribution in [2.45, 2.75) is 50.8 Å². The fourth-order valence-corrected chi connectivity index (χ4v) is 3.03. The minimum atomic E-state index is 0.460. The molecule has 1 aliphatic heterocycles. The molecule has 2 nitrogen and oxygen atoms in total. The van der Waals surface area contributed by atoms with Crippen molar-refractivity contribution in [3.05, 3.63) is 0 Å². The summed E-state index contributed by atoms with van der Waals surface area (Å²) in [5.74, 6) is 1.49. The summed E-state index contributed by atoms with van der Waals surface area (Å²) in [6.07, 6.45) is 7.24. The van der Waals surface area contributed by atoms with Crippen LogP contribution in [0.2, 0.25) is 0 Å². The Morgan fingerprint density at radius 3 is 2.64 bits per heavy atom. The van der Waals surface area contributed by atoms with Crippen molar-refractivity contribution in [3.63, 3.8) is 0 Å². The molecule has 3 unspecified atom stereocenters. The Bertz CT molecular complexity index is 203. The topological polar surface area (TPSA) is 38.4 Å². The van der Waals surface area contributed by atoms with Gasteiger partial charge in [0.05, 0.1) is 11.3 Å². The van der Waals surface area contributed by atoms with E-state index in [0.717, 1.165) is 5.84 Å². The van der Waals surface area contributed by atoms with Gasteiger partial charge in [-0.05, 0) is 18.6 Å². The van der Waals surface area contributed by atoms with Gasteiger partial charge in [-0.3, -0.25) is 4.99 Å². The van der Waals surface area contributed by atoms with Gasteiger partial charge in [0.25, 0.3) is 0 Å². The Balaban J connectivity index is 2.40. The van der Waals surface area contributed by atoms with Crippen LogP contribution in [0, 0.1) is 5.92 Å². The maximum atomic E-state index is 5.90. The van der Waals surface area contributed by atoms with E-state index < -0.39 is 0 Å². The van der Waals surface area contributed by atoms with E-state index >= 15 is 0 Å². The number of thioether (sulfide) groups is 1. The molecular weight excluding hydrogens is 192 g/mol. The molecule has 3 heteroatoms. The lowest BCUT2D eigenvalue weighted by Gasteiger charge is -2.17. The zero-order valence-corrected chi connectivity index (χ0v) is 10.3. The van der Waals surface area contributed by atoms with E-state index in [1.54, 1.807) is 0 Å². The van der Waals surface area contributed by atoms with Crippen LogP contribution < -0.4 is 5.73 Å². The zero-order valence-electron chi connectivity index (χ0n) is 9.49. The van der Waals surface area contributed by atoms with E-state index in [1.165, 1.54) is 25.7 Å². The second-order valence-electron chi connectivity index (χ2n) is 4.13. The quantitative estimate of drug-likeness (QED) is 0.715. The van der Waals surface area contributed by atoms with E-state index in [9.17, 15) is 0 Å². The molecule has 82 valence electrons. The molecule has 0 fully saturated rings. The molecule has 0 aromatic carbocycles. The maximum Gasteiger partial charge on any atom is 0.108 e. The fraction of sp³-hybridized carbons (Fsp3) is 0.909. The highest BCUT2D eigenvalue weighted by atomic mass is 32.2. The van der Waals surface area contributed by atoms with Crippen molar-refractivity contribution in [1.29, 1.82) is 0 Å². The number of nitrogens with two attached hydrogens (primary N) is 1. The normalized spacial score (nSPS) is 31.9. The molecule has 2 N–H and O–H groups in total. The first-order valence-corrected chi connectivity index (χ1v) is 6.85. The smallest absolute Gasteiger partial charge is 0.108 e. The predicted molar refractivity (Wildman–Crippen MR) is 66.0 cm³/mol. The molecule has 0 aliphatic carbocycles. The third-order valence-corrected chi connectivity index (χ3v) is 4.23. The third-order valence-electron chi connectivity index (χ3n) is 3.05. The zero-order chi connectivity index (χ0) is 10.6. The molecule has 0 aromatic rings. The van der Waals surface area contributed by atoms with Gasteiger partial charge in [-0.25, -0.2) is 0 Å². The van der Waals surface area contributed by atoms with E-state index in [-0.39, 0.29) is 0 Å². The molecule has 0 saturated heterocycles. The Labute approximate surface area is 91.7 Å². The molecule has 1 rings (SSSR count). The SMILES string of the molecule is CCCCCC1N=C(N)C(SC)C1C. The molecule has 1 heterocycles. The molecule has 0 spiro atoms. The van der Waals surface area contributed by atoms with Crippen molar-refractivity contribution in [3.8, 4) is 0 Å². The molecule has 14 heavy (non-hydrogen) atoms. The van der Waals surface area contributed by atoms with Crippen molar-refractivity contribution in [2.75, 3.05) is 6.26 Å². The van der Waals surface area contributed by atoms with E-state index in [0.29, 0.717) is 17.2 Å². The van der Waals surface area contributed by atoms with Gasteiger partial charge < -0.3 is 5.73 Å².